The number of alkyl halides is 2. The van der Waals surface area contributed by atoms with Crippen LogP contribution in [0.4, 0.5) is 0 Å². The molecule has 0 aromatic heterocycles. The van der Waals surface area contributed by atoms with Crippen molar-refractivity contribution in [3.05, 3.63) is 0 Å². The van der Waals surface area contributed by atoms with E-state index in [9.17, 15) is 5.11 Å². The van der Waals surface area contributed by atoms with Crippen LogP contribution in [0.15, 0.2) is 0 Å². The van der Waals surface area contributed by atoms with Gasteiger partial charge in [-0.25, -0.2) is 0 Å². The van der Waals surface area contributed by atoms with Gasteiger partial charge in [-0.15, -0.1) is 35.0 Å². The van der Waals surface area contributed by atoms with E-state index in [-0.39, 0.29) is 16.7 Å². The number of aliphatic hydroxyl groups is 1. The average molecular weight is 466 g/mol. The monoisotopic (exact) mass is 464 g/mol. The summed E-state index contributed by atoms with van der Waals surface area (Å²) in [5.41, 5.74) is 0. The molecular formula is C18H38Cl2N2OS3. The molecule has 3 unspecified atom stereocenters. The Kier molecular flexibility index (Phi) is 22.5. The molecule has 0 aromatic rings. The lowest BCUT2D eigenvalue weighted by Crippen LogP contribution is -2.28. The zero-order valence-electron chi connectivity index (χ0n) is 16.4. The predicted molar refractivity (Wildman–Crippen MR) is 128 cm³/mol. The van der Waals surface area contributed by atoms with Crippen molar-refractivity contribution >= 4 is 58.5 Å². The molecule has 0 fully saturated rings. The third-order valence-electron chi connectivity index (χ3n) is 4.26. The quantitative estimate of drug-likeness (QED) is 0.179. The van der Waals surface area contributed by atoms with E-state index in [0.29, 0.717) is 5.21 Å². The maximum absolute atomic E-state index is 10.6. The SMILES string of the molecule is CSCCNCCCCC(O)C(CCCCNCCSC)C(Cl)SCCl. The zero-order valence-corrected chi connectivity index (χ0v) is 20.3. The topological polar surface area (TPSA) is 44.3 Å². The molecule has 3 atom stereocenters. The lowest BCUT2D eigenvalue weighted by atomic mass is 9.94. The first kappa shape index (κ1) is 27.5. The highest BCUT2D eigenvalue weighted by Gasteiger charge is 2.26. The number of hydrogen-bond acceptors (Lipinski definition) is 6. The summed E-state index contributed by atoms with van der Waals surface area (Å²) in [6, 6.07) is 0. The van der Waals surface area contributed by atoms with E-state index in [1.807, 2.05) is 23.5 Å². The van der Waals surface area contributed by atoms with E-state index in [0.717, 1.165) is 76.2 Å². The van der Waals surface area contributed by atoms with E-state index in [1.54, 1.807) is 0 Å². The van der Waals surface area contributed by atoms with Crippen LogP contribution in [0.3, 0.4) is 0 Å². The van der Waals surface area contributed by atoms with Crippen LogP contribution in [0.1, 0.15) is 38.5 Å². The molecule has 0 saturated carbocycles. The summed E-state index contributed by atoms with van der Waals surface area (Å²) in [6.45, 7) is 4.20. The Morgan fingerprint density at radius 3 is 1.88 bits per heavy atom. The van der Waals surface area contributed by atoms with Crippen molar-refractivity contribution in [2.45, 2.75) is 49.3 Å². The molecule has 26 heavy (non-hydrogen) atoms. The molecule has 3 nitrogen and oxygen atoms in total. The van der Waals surface area contributed by atoms with Gasteiger partial charge in [-0.05, 0) is 57.7 Å². The minimum Gasteiger partial charge on any atom is -0.393 e. The van der Waals surface area contributed by atoms with Gasteiger partial charge in [-0.3, -0.25) is 0 Å². The van der Waals surface area contributed by atoms with Gasteiger partial charge in [0.25, 0.3) is 0 Å². The zero-order chi connectivity index (χ0) is 19.5. The molecule has 0 amide bonds. The van der Waals surface area contributed by atoms with Gasteiger partial charge in [-0.2, -0.15) is 23.5 Å². The summed E-state index contributed by atoms with van der Waals surface area (Å²) in [6.07, 6.45) is 10.1. The molecule has 0 aliphatic heterocycles. The third kappa shape index (κ3) is 16.5. The number of halogens is 2. The van der Waals surface area contributed by atoms with Crippen molar-refractivity contribution in [1.82, 2.24) is 10.6 Å². The fraction of sp³-hybridized carbons (Fsp3) is 1.00. The highest BCUT2D eigenvalue weighted by atomic mass is 35.5. The summed E-state index contributed by atoms with van der Waals surface area (Å²) in [5.74, 6) is 2.43. The van der Waals surface area contributed by atoms with E-state index in [4.69, 9.17) is 23.2 Å². The van der Waals surface area contributed by atoms with E-state index >= 15 is 0 Å². The Balaban J connectivity index is 3.99. The van der Waals surface area contributed by atoms with Crippen LogP contribution < -0.4 is 10.6 Å². The Morgan fingerprint density at radius 2 is 1.38 bits per heavy atom. The van der Waals surface area contributed by atoms with E-state index in [1.165, 1.54) is 11.8 Å². The summed E-state index contributed by atoms with van der Waals surface area (Å²) in [7, 11) is 0. The standard InChI is InChI=1S/C18H38Cl2N2OS3/c1-24-13-11-21-9-5-3-7-16(18(20)26-15-19)17(23)8-4-6-10-22-12-14-25-2/h16-18,21-23H,3-15H2,1-2H3. The first-order valence-electron chi connectivity index (χ1n) is 9.56. The molecule has 0 bridgehead atoms. The molecule has 158 valence electrons. The second-order valence-electron chi connectivity index (χ2n) is 6.34. The third-order valence-corrected chi connectivity index (χ3v) is 7.36. The molecule has 3 N–H and O–H groups in total. The van der Waals surface area contributed by atoms with Crippen LogP contribution in [0, 0.1) is 5.92 Å². The lowest BCUT2D eigenvalue weighted by molar-refractivity contribution is 0.0969. The normalized spacial score (nSPS) is 15.1. The van der Waals surface area contributed by atoms with Gasteiger partial charge in [0, 0.05) is 30.5 Å². The van der Waals surface area contributed by atoms with Gasteiger partial charge < -0.3 is 15.7 Å². The lowest BCUT2D eigenvalue weighted by Gasteiger charge is -2.26. The second-order valence-corrected chi connectivity index (χ2v) is 10.7. The maximum Gasteiger partial charge on any atom is 0.0853 e. The first-order valence-corrected chi connectivity index (χ1v) is 14.4. The van der Waals surface area contributed by atoms with Crippen LogP contribution in [0.2, 0.25) is 0 Å². The highest BCUT2D eigenvalue weighted by molar-refractivity contribution is 8.02. The smallest absolute Gasteiger partial charge is 0.0853 e. The van der Waals surface area contributed by atoms with Gasteiger partial charge in [0.1, 0.15) is 0 Å². The Bertz CT molecular complexity index is 295. The summed E-state index contributed by atoms with van der Waals surface area (Å²) >= 11 is 17.6. The minimum absolute atomic E-state index is 0.105. The van der Waals surface area contributed by atoms with Crippen molar-refractivity contribution in [3.63, 3.8) is 0 Å². The highest BCUT2D eigenvalue weighted by Crippen LogP contribution is 2.32. The largest absolute Gasteiger partial charge is 0.393 e. The molecule has 0 rings (SSSR count). The molecular weight excluding hydrogens is 427 g/mol. The molecule has 0 aliphatic carbocycles. The van der Waals surface area contributed by atoms with Gasteiger partial charge in [0.05, 0.1) is 16.0 Å². The van der Waals surface area contributed by atoms with Gasteiger partial charge >= 0.3 is 0 Å². The van der Waals surface area contributed by atoms with Crippen molar-refractivity contribution in [2.75, 3.05) is 55.4 Å². The number of nitrogens with one attached hydrogen (secondary N) is 2. The average Bonchev–Trinajstić information content (AvgIpc) is 2.63. The van der Waals surface area contributed by atoms with Crippen LogP contribution in [-0.4, -0.2) is 71.3 Å². The fourth-order valence-corrected chi connectivity index (χ4v) is 5.19. The van der Waals surface area contributed by atoms with Crippen molar-refractivity contribution in [2.24, 2.45) is 5.92 Å². The number of aliphatic hydroxyl groups excluding tert-OH is 1. The van der Waals surface area contributed by atoms with Crippen molar-refractivity contribution in [1.29, 1.82) is 0 Å². The van der Waals surface area contributed by atoms with Crippen molar-refractivity contribution < 1.29 is 5.11 Å². The summed E-state index contributed by atoms with van der Waals surface area (Å²) in [5, 5.41) is 18.0. The molecule has 0 spiro atoms. The van der Waals surface area contributed by atoms with E-state index < -0.39 is 0 Å². The Labute approximate surface area is 184 Å². The molecule has 0 aliphatic rings. The maximum atomic E-state index is 10.6. The minimum atomic E-state index is -0.330. The number of unbranched alkanes of at least 4 members (excludes halogenated alkanes) is 2. The number of thioether (sulfide) groups is 3. The second kappa shape index (κ2) is 21.2. The fourth-order valence-electron chi connectivity index (χ4n) is 2.73. The van der Waals surface area contributed by atoms with Crippen LogP contribution in [-0.2, 0) is 0 Å². The van der Waals surface area contributed by atoms with Gasteiger partial charge in [-0.1, -0.05) is 6.42 Å². The van der Waals surface area contributed by atoms with Gasteiger partial charge in [0.2, 0.25) is 0 Å². The molecule has 8 heteroatoms. The van der Waals surface area contributed by atoms with Crippen molar-refractivity contribution in [3.8, 4) is 0 Å². The Hall–Kier alpha value is 1.51. The van der Waals surface area contributed by atoms with Crippen LogP contribution >= 0.6 is 58.5 Å². The molecule has 0 heterocycles. The molecule has 0 radical (unpaired) electrons. The molecule has 0 aromatic carbocycles. The summed E-state index contributed by atoms with van der Waals surface area (Å²) < 4.78 is -0.105. The Morgan fingerprint density at radius 1 is 0.846 bits per heavy atom. The molecule has 0 saturated heterocycles. The van der Waals surface area contributed by atoms with Crippen LogP contribution in [0.5, 0.6) is 0 Å². The van der Waals surface area contributed by atoms with E-state index in [2.05, 4.69) is 23.1 Å². The summed E-state index contributed by atoms with van der Waals surface area (Å²) in [4.78, 5) is 0. The first-order chi connectivity index (χ1) is 12.7. The number of rotatable bonds is 20. The predicted octanol–water partition coefficient (Wildman–Crippen LogP) is 4.70. The van der Waals surface area contributed by atoms with Gasteiger partial charge in [0.15, 0.2) is 0 Å². The number of hydrogen-bond donors (Lipinski definition) is 3. The van der Waals surface area contributed by atoms with Crippen LogP contribution in [0.25, 0.3) is 0 Å².